The van der Waals surface area contributed by atoms with E-state index in [9.17, 15) is 18.0 Å². The molecule has 1 unspecified atom stereocenters. The quantitative estimate of drug-likeness (QED) is 0.277. The topological polar surface area (TPSA) is 96.0 Å². The van der Waals surface area contributed by atoms with Gasteiger partial charge in [-0.3, -0.25) is 13.9 Å². The van der Waals surface area contributed by atoms with Crippen LogP contribution in [0.15, 0.2) is 77.7 Å². The summed E-state index contributed by atoms with van der Waals surface area (Å²) in [6.07, 6.45) is 0.314. The lowest BCUT2D eigenvalue weighted by atomic mass is 10.1. The van der Waals surface area contributed by atoms with Crippen molar-refractivity contribution < 1.29 is 22.7 Å². The van der Waals surface area contributed by atoms with E-state index in [1.165, 1.54) is 17.0 Å². The fourth-order valence-corrected chi connectivity index (χ4v) is 6.02. The maximum atomic E-state index is 14.2. The third-order valence-corrected chi connectivity index (χ3v) is 8.58. The van der Waals surface area contributed by atoms with Gasteiger partial charge in [0.15, 0.2) is 0 Å². The molecule has 0 saturated heterocycles. The largest absolute Gasteiger partial charge is 0.492 e. The summed E-state index contributed by atoms with van der Waals surface area (Å²) >= 11 is 6.45. The fourth-order valence-electron chi connectivity index (χ4n) is 4.40. The molecule has 0 fully saturated rings. The van der Waals surface area contributed by atoms with Gasteiger partial charge < -0.3 is 15.0 Å². The molecular formula is C31H38ClN3O5S. The minimum absolute atomic E-state index is 0.0219. The Labute approximate surface area is 248 Å². The fraction of sp³-hybridized carbons (Fsp3) is 0.355. The molecule has 0 saturated carbocycles. The first-order valence-corrected chi connectivity index (χ1v) is 15.5. The lowest BCUT2D eigenvalue weighted by Gasteiger charge is -2.34. The third-order valence-electron chi connectivity index (χ3n) is 6.44. The Morgan fingerprint density at radius 1 is 0.951 bits per heavy atom. The average molecular weight is 600 g/mol. The summed E-state index contributed by atoms with van der Waals surface area (Å²) in [5.41, 5.74) is 1.76. The van der Waals surface area contributed by atoms with Gasteiger partial charge in [-0.05, 0) is 70.0 Å². The molecule has 0 aliphatic carbocycles. The highest BCUT2D eigenvalue weighted by atomic mass is 35.5. The maximum Gasteiger partial charge on any atom is 0.264 e. The van der Waals surface area contributed by atoms with Crippen LogP contribution in [-0.2, 0) is 26.2 Å². The van der Waals surface area contributed by atoms with Gasteiger partial charge in [0.25, 0.3) is 10.0 Å². The number of carbonyl (C=O) groups excluding carboxylic acids is 2. The lowest BCUT2D eigenvalue weighted by molar-refractivity contribution is -0.140. The first-order chi connectivity index (χ1) is 19.5. The molecule has 3 aromatic carbocycles. The number of anilines is 1. The molecule has 0 aliphatic heterocycles. The Bertz CT molecular complexity index is 1440. The number of benzene rings is 3. The van der Waals surface area contributed by atoms with Crippen LogP contribution in [0.1, 0.15) is 45.2 Å². The molecule has 220 valence electrons. The van der Waals surface area contributed by atoms with Crippen LogP contribution in [0, 0.1) is 6.92 Å². The lowest BCUT2D eigenvalue weighted by Crippen LogP contribution is -2.53. The summed E-state index contributed by atoms with van der Waals surface area (Å²) < 4.78 is 35.0. The third kappa shape index (κ3) is 8.01. The van der Waals surface area contributed by atoms with Crippen molar-refractivity contribution in [1.29, 1.82) is 0 Å². The number of rotatable bonds is 13. The summed E-state index contributed by atoms with van der Waals surface area (Å²) in [6.45, 7) is 8.91. The molecular weight excluding hydrogens is 562 g/mol. The van der Waals surface area contributed by atoms with Crippen molar-refractivity contribution in [1.82, 2.24) is 10.2 Å². The molecule has 8 nitrogen and oxygen atoms in total. The minimum atomic E-state index is -4.21. The highest BCUT2D eigenvalue weighted by Crippen LogP contribution is 2.33. The molecule has 3 rings (SSSR count). The predicted octanol–water partition coefficient (Wildman–Crippen LogP) is 5.57. The van der Waals surface area contributed by atoms with Gasteiger partial charge in [-0.15, -0.1) is 0 Å². The molecule has 3 aromatic rings. The Morgan fingerprint density at radius 2 is 1.59 bits per heavy atom. The number of hydrogen-bond acceptors (Lipinski definition) is 5. The molecule has 1 atom stereocenters. The van der Waals surface area contributed by atoms with Gasteiger partial charge in [-0.1, -0.05) is 66.6 Å². The van der Waals surface area contributed by atoms with Crippen LogP contribution < -0.4 is 14.4 Å². The Hall–Kier alpha value is -3.56. The number of aryl methyl sites for hydroxylation is 1. The van der Waals surface area contributed by atoms with Crippen molar-refractivity contribution in [3.05, 3.63) is 88.9 Å². The zero-order valence-electron chi connectivity index (χ0n) is 24.1. The number of hydrogen-bond donors (Lipinski definition) is 1. The number of halogens is 1. The molecule has 0 spiro atoms. The van der Waals surface area contributed by atoms with Gasteiger partial charge in [-0.25, -0.2) is 8.42 Å². The summed E-state index contributed by atoms with van der Waals surface area (Å²) in [5, 5.41) is 3.32. The van der Waals surface area contributed by atoms with Gasteiger partial charge in [0.2, 0.25) is 11.8 Å². The number of ether oxygens (including phenoxy) is 1. The molecule has 1 N–H and O–H groups in total. The molecule has 0 aliphatic rings. The molecule has 0 radical (unpaired) electrons. The highest BCUT2D eigenvalue weighted by Gasteiger charge is 2.35. The average Bonchev–Trinajstić information content (AvgIpc) is 2.93. The second-order valence-electron chi connectivity index (χ2n) is 9.93. The van der Waals surface area contributed by atoms with Crippen LogP contribution in [0.2, 0.25) is 5.02 Å². The van der Waals surface area contributed by atoms with Gasteiger partial charge in [0, 0.05) is 17.6 Å². The van der Waals surface area contributed by atoms with Gasteiger partial charge in [0.05, 0.1) is 17.2 Å². The van der Waals surface area contributed by atoms with E-state index >= 15 is 0 Å². The van der Waals surface area contributed by atoms with Crippen molar-refractivity contribution in [2.75, 3.05) is 17.5 Å². The number of nitrogens with one attached hydrogen (secondary N) is 1. The van der Waals surface area contributed by atoms with Crippen molar-refractivity contribution in [2.24, 2.45) is 0 Å². The van der Waals surface area contributed by atoms with Gasteiger partial charge in [0.1, 0.15) is 18.3 Å². The molecule has 10 heteroatoms. The smallest absolute Gasteiger partial charge is 0.264 e. The van der Waals surface area contributed by atoms with Crippen LogP contribution in [0.3, 0.4) is 0 Å². The van der Waals surface area contributed by atoms with Crippen LogP contribution in [-0.4, -0.2) is 50.4 Å². The standard InChI is InChI=1S/C31H38ClN3O5S/c1-6-27(31(37)33-22(3)4)34(20-24-12-8-9-13-26(24)32)30(36)21-35(28-14-10-11-15-29(28)40-7-2)41(38,39)25-18-16-23(5)17-19-25/h8-19,22,27H,6-7,20-21H2,1-5H3,(H,33,37). The van der Waals surface area contributed by atoms with Crippen molar-refractivity contribution in [3.8, 4) is 5.75 Å². The molecule has 0 bridgehead atoms. The van der Waals surface area contributed by atoms with E-state index in [1.807, 2.05) is 27.7 Å². The van der Waals surface area contributed by atoms with E-state index in [1.54, 1.807) is 67.6 Å². The van der Waals surface area contributed by atoms with Crippen LogP contribution in [0.4, 0.5) is 5.69 Å². The van der Waals surface area contributed by atoms with E-state index < -0.39 is 28.5 Å². The zero-order valence-corrected chi connectivity index (χ0v) is 25.7. The number of sulfonamides is 1. The van der Waals surface area contributed by atoms with Gasteiger partial charge >= 0.3 is 0 Å². The Morgan fingerprint density at radius 3 is 2.20 bits per heavy atom. The number of para-hydroxylation sites is 2. The number of carbonyl (C=O) groups is 2. The van der Waals surface area contributed by atoms with E-state index in [4.69, 9.17) is 16.3 Å². The van der Waals surface area contributed by atoms with Crippen LogP contribution in [0.25, 0.3) is 0 Å². The number of nitrogens with zero attached hydrogens (tertiary/aromatic N) is 2. The van der Waals surface area contributed by atoms with E-state index in [2.05, 4.69) is 5.32 Å². The van der Waals surface area contributed by atoms with E-state index in [-0.39, 0.29) is 29.1 Å². The second kappa shape index (κ2) is 14.4. The second-order valence-corrected chi connectivity index (χ2v) is 12.2. The first kappa shape index (κ1) is 32.0. The Kier molecular flexibility index (Phi) is 11.2. The molecule has 0 heterocycles. The maximum absolute atomic E-state index is 14.2. The molecule has 0 aromatic heterocycles. The SMILES string of the molecule is CCOc1ccccc1N(CC(=O)N(Cc1ccccc1Cl)C(CC)C(=O)NC(C)C)S(=O)(=O)c1ccc(C)cc1. The summed E-state index contributed by atoms with van der Waals surface area (Å²) in [4.78, 5) is 28.9. The minimum Gasteiger partial charge on any atom is -0.492 e. The number of amides is 2. The van der Waals surface area contributed by atoms with Crippen molar-refractivity contribution in [2.45, 2.75) is 64.6 Å². The van der Waals surface area contributed by atoms with E-state index in [0.717, 1.165) is 9.87 Å². The Balaban J connectivity index is 2.13. The van der Waals surface area contributed by atoms with Crippen LogP contribution in [0.5, 0.6) is 5.75 Å². The van der Waals surface area contributed by atoms with Gasteiger partial charge in [-0.2, -0.15) is 0 Å². The van der Waals surface area contributed by atoms with Crippen LogP contribution >= 0.6 is 11.6 Å². The first-order valence-electron chi connectivity index (χ1n) is 13.6. The predicted molar refractivity (Wildman–Crippen MR) is 163 cm³/mol. The monoisotopic (exact) mass is 599 g/mol. The summed E-state index contributed by atoms with van der Waals surface area (Å²) in [7, 11) is -4.21. The summed E-state index contributed by atoms with van der Waals surface area (Å²) in [5.74, 6) is -0.566. The zero-order chi connectivity index (χ0) is 30.2. The van der Waals surface area contributed by atoms with Crippen molar-refractivity contribution >= 4 is 39.1 Å². The molecule has 2 amide bonds. The summed E-state index contributed by atoms with van der Waals surface area (Å²) in [6, 6.07) is 19.2. The van der Waals surface area contributed by atoms with E-state index in [0.29, 0.717) is 29.4 Å². The molecule has 41 heavy (non-hydrogen) atoms. The highest BCUT2D eigenvalue weighted by molar-refractivity contribution is 7.92. The normalized spacial score (nSPS) is 12.1. The van der Waals surface area contributed by atoms with Crippen molar-refractivity contribution in [3.63, 3.8) is 0 Å².